The second-order valence-electron chi connectivity index (χ2n) is 6.24. The molecule has 3 aromatic rings. The number of guanidine groups is 1. The summed E-state index contributed by atoms with van der Waals surface area (Å²) in [5, 5.41) is 15.6. The maximum Gasteiger partial charge on any atom is 0.191 e. The van der Waals surface area contributed by atoms with Crippen molar-refractivity contribution < 1.29 is 4.39 Å². The molecule has 28 heavy (non-hydrogen) atoms. The summed E-state index contributed by atoms with van der Waals surface area (Å²) in [4.78, 5) is 7.73. The van der Waals surface area contributed by atoms with E-state index in [1.165, 1.54) is 6.07 Å². The van der Waals surface area contributed by atoms with E-state index in [1.54, 1.807) is 18.2 Å². The maximum absolute atomic E-state index is 13.5. The molecule has 3 N–H and O–H groups in total. The molecule has 1 aromatic carbocycles. The van der Waals surface area contributed by atoms with Gasteiger partial charge in [0, 0.05) is 37.2 Å². The number of aromatic nitrogens is 4. The molecular formula is C19H25FIN7. The van der Waals surface area contributed by atoms with Gasteiger partial charge in [0.15, 0.2) is 11.8 Å². The molecule has 150 valence electrons. The summed E-state index contributed by atoms with van der Waals surface area (Å²) >= 11 is 0. The maximum atomic E-state index is 13.5. The highest BCUT2D eigenvalue weighted by Gasteiger charge is 2.07. The molecule has 0 saturated heterocycles. The number of benzene rings is 1. The van der Waals surface area contributed by atoms with Crippen LogP contribution in [0.4, 0.5) is 4.39 Å². The fraction of sp³-hybridized carbons (Fsp3) is 0.316. The monoisotopic (exact) mass is 497 g/mol. The highest BCUT2D eigenvalue weighted by molar-refractivity contribution is 14.0. The van der Waals surface area contributed by atoms with Gasteiger partial charge in [0.1, 0.15) is 18.2 Å². The number of hydrogen-bond donors (Lipinski definition) is 3. The van der Waals surface area contributed by atoms with E-state index in [9.17, 15) is 4.39 Å². The Morgan fingerprint density at radius 2 is 2.18 bits per heavy atom. The number of hydrogen-bond acceptors (Lipinski definition) is 3. The topological polar surface area (TPSA) is 82.9 Å². The summed E-state index contributed by atoms with van der Waals surface area (Å²) in [7, 11) is 1.92. The minimum absolute atomic E-state index is 0. The minimum Gasteiger partial charge on any atom is -0.361 e. The van der Waals surface area contributed by atoms with Crippen molar-refractivity contribution in [1.29, 1.82) is 0 Å². The molecule has 9 heteroatoms. The van der Waals surface area contributed by atoms with Gasteiger partial charge in [-0.15, -0.1) is 40.8 Å². The van der Waals surface area contributed by atoms with Crippen LogP contribution >= 0.6 is 24.0 Å². The molecule has 0 bridgehead atoms. The highest BCUT2D eigenvalue weighted by Crippen LogP contribution is 2.19. The number of aliphatic imine (C=N–C) groups is 1. The lowest BCUT2D eigenvalue weighted by molar-refractivity contribution is 0.629. The number of nitrogens with one attached hydrogen (secondary N) is 3. The Kier molecular flexibility index (Phi) is 7.97. The lowest BCUT2D eigenvalue weighted by Gasteiger charge is -2.11. The van der Waals surface area contributed by atoms with Crippen molar-refractivity contribution in [3.8, 4) is 0 Å². The van der Waals surface area contributed by atoms with Gasteiger partial charge in [0.05, 0.1) is 0 Å². The van der Waals surface area contributed by atoms with Crippen molar-refractivity contribution in [3.63, 3.8) is 0 Å². The van der Waals surface area contributed by atoms with Gasteiger partial charge in [-0.3, -0.25) is 0 Å². The molecule has 3 rings (SSSR count). The van der Waals surface area contributed by atoms with Crippen molar-refractivity contribution in [2.75, 3.05) is 13.1 Å². The van der Waals surface area contributed by atoms with Crippen molar-refractivity contribution in [2.45, 2.75) is 19.9 Å². The van der Waals surface area contributed by atoms with Crippen LogP contribution in [0.1, 0.15) is 17.2 Å². The van der Waals surface area contributed by atoms with Crippen molar-refractivity contribution in [1.82, 2.24) is 30.4 Å². The number of nitrogens with zero attached hydrogens (tertiary/aromatic N) is 4. The zero-order valence-corrected chi connectivity index (χ0v) is 18.3. The van der Waals surface area contributed by atoms with Crippen molar-refractivity contribution >= 4 is 40.8 Å². The molecule has 0 aliphatic heterocycles. The summed E-state index contributed by atoms with van der Waals surface area (Å²) in [6.07, 6.45) is 4.43. The van der Waals surface area contributed by atoms with Gasteiger partial charge in [-0.2, -0.15) is 0 Å². The molecule has 7 nitrogen and oxygen atoms in total. The first kappa shape index (κ1) is 21.9. The normalized spacial score (nSPS) is 11.3. The Labute approximate surface area is 180 Å². The molecule has 0 aliphatic carbocycles. The van der Waals surface area contributed by atoms with Gasteiger partial charge in [0.25, 0.3) is 0 Å². The Hall–Kier alpha value is -2.43. The number of aromatic amines is 1. The minimum atomic E-state index is -0.231. The number of fused-ring (bicyclic) bond motifs is 1. The van der Waals surface area contributed by atoms with E-state index in [2.05, 4.69) is 37.4 Å². The van der Waals surface area contributed by atoms with Crippen molar-refractivity contribution in [3.05, 3.63) is 60.1 Å². The van der Waals surface area contributed by atoms with Gasteiger partial charge >= 0.3 is 0 Å². The summed E-state index contributed by atoms with van der Waals surface area (Å²) in [5.74, 6) is 2.08. The Morgan fingerprint density at radius 1 is 1.36 bits per heavy atom. The van der Waals surface area contributed by atoms with Crippen LogP contribution in [-0.4, -0.2) is 38.8 Å². The largest absolute Gasteiger partial charge is 0.361 e. The smallest absolute Gasteiger partial charge is 0.191 e. The van der Waals surface area contributed by atoms with E-state index in [4.69, 9.17) is 0 Å². The molecule has 0 atom stereocenters. The average Bonchev–Trinajstić information content (AvgIpc) is 3.20. The van der Waals surface area contributed by atoms with E-state index >= 15 is 0 Å². The average molecular weight is 497 g/mol. The number of H-pyrrole nitrogens is 1. The third-order valence-electron chi connectivity index (χ3n) is 4.39. The first-order valence-electron chi connectivity index (χ1n) is 8.82. The number of rotatable bonds is 7. The molecule has 0 aliphatic rings. The van der Waals surface area contributed by atoms with Crippen LogP contribution in [0, 0.1) is 12.7 Å². The summed E-state index contributed by atoms with van der Waals surface area (Å²) in [6, 6.07) is 4.77. The fourth-order valence-corrected chi connectivity index (χ4v) is 2.75. The fourth-order valence-electron chi connectivity index (χ4n) is 2.75. The first-order valence-corrected chi connectivity index (χ1v) is 8.82. The SMILES string of the molecule is C=CCNC(=NCc1nnc(C)n1C)NCCc1c[nH]c2ccc(F)cc12.I. The van der Waals surface area contributed by atoms with E-state index in [-0.39, 0.29) is 29.8 Å². The van der Waals surface area contributed by atoms with Crippen LogP contribution in [0.3, 0.4) is 0 Å². The lowest BCUT2D eigenvalue weighted by Crippen LogP contribution is -2.38. The molecule has 0 radical (unpaired) electrons. The molecule has 0 saturated carbocycles. The third kappa shape index (κ3) is 5.31. The Morgan fingerprint density at radius 3 is 2.89 bits per heavy atom. The van der Waals surface area contributed by atoms with Gasteiger partial charge in [-0.1, -0.05) is 6.08 Å². The second-order valence-corrected chi connectivity index (χ2v) is 6.24. The van der Waals surface area contributed by atoms with Gasteiger partial charge in [-0.05, 0) is 37.1 Å². The van der Waals surface area contributed by atoms with Crippen molar-refractivity contribution in [2.24, 2.45) is 12.0 Å². The Balaban J connectivity index is 0.00000280. The van der Waals surface area contributed by atoms with Crippen LogP contribution in [0.25, 0.3) is 10.9 Å². The van der Waals surface area contributed by atoms with Gasteiger partial charge in [0.2, 0.25) is 0 Å². The van der Waals surface area contributed by atoms with E-state index in [0.29, 0.717) is 25.6 Å². The standard InChI is InChI=1S/C19H24FN7.HI/c1-4-8-21-19(24-12-18-26-25-13(2)27(18)3)22-9-7-14-11-23-17-6-5-15(20)10-16(14)17;/h4-6,10-11,23H,1,7-9,12H2,2-3H3,(H2,21,22,24);1H. The first-order chi connectivity index (χ1) is 13.1. The summed E-state index contributed by atoms with van der Waals surface area (Å²) < 4.78 is 15.4. The summed E-state index contributed by atoms with van der Waals surface area (Å²) in [5.41, 5.74) is 1.99. The van der Waals surface area contributed by atoms with Crippen LogP contribution in [-0.2, 0) is 20.0 Å². The van der Waals surface area contributed by atoms with Gasteiger partial charge < -0.3 is 20.2 Å². The third-order valence-corrected chi connectivity index (χ3v) is 4.39. The van der Waals surface area contributed by atoms with E-state index < -0.39 is 0 Å². The van der Waals surface area contributed by atoms with Gasteiger partial charge in [-0.25, -0.2) is 9.38 Å². The molecule has 2 heterocycles. The molecule has 0 unspecified atom stereocenters. The molecule has 2 aromatic heterocycles. The summed E-state index contributed by atoms with van der Waals surface area (Å²) in [6.45, 7) is 7.30. The lowest BCUT2D eigenvalue weighted by atomic mass is 10.1. The molecule has 0 fully saturated rings. The zero-order valence-electron chi connectivity index (χ0n) is 16.0. The second kappa shape index (κ2) is 10.2. The predicted molar refractivity (Wildman–Crippen MR) is 120 cm³/mol. The van der Waals surface area contributed by atoms with Crippen LogP contribution in [0.15, 0.2) is 42.0 Å². The molecule has 0 spiro atoms. The van der Waals surface area contributed by atoms with Crippen LogP contribution in [0.5, 0.6) is 0 Å². The van der Waals surface area contributed by atoms with Crippen LogP contribution in [0.2, 0.25) is 0 Å². The highest BCUT2D eigenvalue weighted by atomic mass is 127. The molecular weight excluding hydrogens is 472 g/mol. The van der Waals surface area contributed by atoms with Crippen LogP contribution < -0.4 is 10.6 Å². The van der Waals surface area contributed by atoms with E-state index in [0.717, 1.165) is 34.5 Å². The number of aryl methyl sites for hydroxylation is 1. The predicted octanol–water partition coefficient (Wildman–Crippen LogP) is 2.83. The van der Waals surface area contributed by atoms with E-state index in [1.807, 2.05) is 24.7 Å². The zero-order chi connectivity index (χ0) is 19.2. The quantitative estimate of drug-likeness (QED) is 0.203. The number of halogens is 2. The Bertz CT molecular complexity index is 961. The molecule has 0 amide bonds.